The second-order valence-corrected chi connectivity index (χ2v) is 7.27. The number of nitrogens with zero attached hydrogens (tertiary/aromatic N) is 2. The van der Waals surface area contributed by atoms with Gasteiger partial charge in [0.1, 0.15) is 15.7 Å². The van der Waals surface area contributed by atoms with Crippen molar-refractivity contribution in [2.75, 3.05) is 12.0 Å². The van der Waals surface area contributed by atoms with Gasteiger partial charge in [0.05, 0.1) is 16.8 Å². The molecule has 6 nitrogen and oxygen atoms in total. The highest BCUT2D eigenvalue weighted by Gasteiger charge is 2.18. The van der Waals surface area contributed by atoms with Crippen molar-refractivity contribution in [3.8, 4) is 11.4 Å². The van der Waals surface area contributed by atoms with E-state index >= 15 is 0 Å². The second-order valence-electron chi connectivity index (χ2n) is 4.61. The Kier molecular flexibility index (Phi) is 4.60. The molecule has 0 bridgehead atoms. The maximum atomic E-state index is 13.0. The molecule has 0 saturated carbocycles. The molecule has 0 amide bonds. The van der Waals surface area contributed by atoms with Crippen LogP contribution in [0.4, 0.5) is 4.39 Å². The molecule has 114 valence electrons. The Morgan fingerprint density at radius 2 is 2.19 bits per heavy atom. The Hall–Kier alpha value is -1.51. The lowest BCUT2D eigenvalue weighted by Gasteiger charge is -2.04. The van der Waals surface area contributed by atoms with Crippen LogP contribution in [0.3, 0.4) is 0 Å². The molecule has 0 radical (unpaired) electrons. The zero-order chi connectivity index (χ0) is 15.6. The third kappa shape index (κ3) is 4.23. The number of rotatable bonds is 5. The Morgan fingerprint density at radius 1 is 1.48 bits per heavy atom. The molecular formula is C12H13ClFN3O3S. The van der Waals surface area contributed by atoms with E-state index in [9.17, 15) is 12.8 Å². The standard InChI is InChI=1S/C12H13ClFN3O3S/c1-21(18,19)5-4-10(15)12-16-11(17-20-12)8-3-2-7(14)6-9(8)13/h2-3,6,10H,4-5,15H2,1H3. The van der Waals surface area contributed by atoms with Crippen LogP contribution in [0.25, 0.3) is 11.4 Å². The van der Waals surface area contributed by atoms with Gasteiger partial charge in [-0.05, 0) is 24.6 Å². The fourth-order valence-electron chi connectivity index (χ4n) is 1.63. The summed E-state index contributed by atoms with van der Waals surface area (Å²) in [6.07, 6.45) is 1.29. The predicted molar refractivity (Wildman–Crippen MR) is 76.0 cm³/mol. The molecule has 1 heterocycles. The van der Waals surface area contributed by atoms with E-state index in [1.807, 2.05) is 0 Å². The fraction of sp³-hybridized carbons (Fsp3) is 0.333. The van der Waals surface area contributed by atoms with Crippen LogP contribution in [0.2, 0.25) is 5.02 Å². The minimum absolute atomic E-state index is 0.0802. The maximum absolute atomic E-state index is 13.0. The van der Waals surface area contributed by atoms with Crippen LogP contribution in [0.15, 0.2) is 22.7 Å². The van der Waals surface area contributed by atoms with E-state index in [0.29, 0.717) is 5.56 Å². The fourth-order valence-corrected chi connectivity index (χ4v) is 2.56. The molecule has 1 aromatic heterocycles. The van der Waals surface area contributed by atoms with Crippen molar-refractivity contribution >= 4 is 21.4 Å². The molecule has 0 fully saturated rings. The van der Waals surface area contributed by atoms with Crippen molar-refractivity contribution in [1.82, 2.24) is 10.1 Å². The summed E-state index contributed by atoms with van der Waals surface area (Å²) in [5.74, 6) is -0.278. The van der Waals surface area contributed by atoms with E-state index in [1.165, 1.54) is 12.1 Å². The van der Waals surface area contributed by atoms with Gasteiger partial charge in [-0.25, -0.2) is 12.8 Å². The lowest BCUT2D eigenvalue weighted by atomic mass is 10.2. The van der Waals surface area contributed by atoms with Crippen LogP contribution in [0.1, 0.15) is 18.4 Å². The Labute approximate surface area is 126 Å². The predicted octanol–water partition coefficient (Wildman–Crippen LogP) is 1.96. The quantitative estimate of drug-likeness (QED) is 0.898. The molecule has 2 N–H and O–H groups in total. The first-order chi connectivity index (χ1) is 9.76. The molecule has 1 aromatic carbocycles. The summed E-state index contributed by atoms with van der Waals surface area (Å²) in [5.41, 5.74) is 6.21. The number of nitrogens with two attached hydrogens (primary N) is 1. The molecule has 0 aliphatic carbocycles. The minimum atomic E-state index is -3.12. The first-order valence-electron chi connectivity index (χ1n) is 5.98. The number of benzene rings is 1. The molecule has 0 saturated heterocycles. The molecule has 0 aliphatic rings. The van der Waals surface area contributed by atoms with Gasteiger partial charge in [-0.3, -0.25) is 0 Å². The molecule has 9 heteroatoms. The summed E-state index contributed by atoms with van der Waals surface area (Å²) in [7, 11) is -3.12. The average molecular weight is 334 g/mol. The van der Waals surface area contributed by atoms with E-state index in [1.54, 1.807) is 0 Å². The zero-order valence-corrected chi connectivity index (χ0v) is 12.7. The number of hydrogen-bond acceptors (Lipinski definition) is 6. The van der Waals surface area contributed by atoms with Gasteiger partial charge in [-0.2, -0.15) is 4.98 Å². The van der Waals surface area contributed by atoms with Gasteiger partial charge >= 0.3 is 0 Å². The van der Waals surface area contributed by atoms with Crippen LogP contribution < -0.4 is 5.73 Å². The third-order valence-corrected chi connectivity index (χ3v) is 4.02. The van der Waals surface area contributed by atoms with Gasteiger partial charge in [0.2, 0.25) is 11.7 Å². The highest BCUT2D eigenvalue weighted by Crippen LogP contribution is 2.27. The summed E-state index contributed by atoms with van der Waals surface area (Å²) >= 11 is 5.90. The summed E-state index contributed by atoms with van der Waals surface area (Å²) in [6, 6.07) is 3.09. The Balaban J connectivity index is 2.17. The van der Waals surface area contributed by atoms with Gasteiger partial charge in [0.25, 0.3) is 0 Å². The van der Waals surface area contributed by atoms with Crippen molar-refractivity contribution < 1.29 is 17.3 Å². The molecule has 2 aromatic rings. The molecule has 2 rings (SSSR count). The van der Waals surface area contributed by atoms with Gasteiger partial charge in [-0.1, -0.05) is 16.8 Å². The molecule has 1 unspecified atom stereocenters. The van der Waals surface area contributed by atoms with Gasteiger partial charge in [-0.15, -0.1) is 0 Å². The topological polar surface area (TPSA) is 99.1 Å². The summed E-state index contributed by atoms with van der Waals surface area (Å²) in [6.45, 7) is 0. The van der Waals surface area contributed by atoms with Crippen LogP contribution in [0, 0.1) is 5.82 Å². The largest absolute Gasteiger partial charge is 0.337 e. The first-order valence-corrected chi connectivity index (χ1v) is 8.42. The van der Waals surface area contributed by atoms with Crippen molar-refractivity contribution in [3.63, 3.8) is 0 Å². The van der Waals surface area contributed by atoms with Crippen LogP contribution >= 0.6 is 11.6 Å². The van der Waals surface area contributed by atoms with Gasteiger partial charge in [0, 0.05) is 11.8 Å². The number of sulfone groups is 1. The lowest BCUT2D eigenvalue weighted by Crippen LogP contribution is -2.16. The van der Waals surface area contributed by atoms with Crippen LogP contribution in [-0.4, -0.2) is 30.6 Å². The molecular weight excluding hydrogens is 321 g/mol. The zero-order valence-electron chi connectivity index (χ0n) is 11.1. The van der Waals surface area contributed by atoms with E-state index in [2.05, 4.69) is 10.1 Å². The molecule has 0 spiro atoms. The first kappa shape index (κ1) is 15.9. The second kappa shape index (κ2) is 6.08. The van der Waals surface area contributed by atoms with E-state index in [0.717, 1.165) is 12.3 Å². The maximum Gasteiger partial charge on any atom is 0.243 e. The van der Waals surface area contributed by atoms with E-state index < -0.39 is 21.7 Å². The summed E-state index contributed by atoms with van der Waals surface area (Å²) in [4.78, 5) is 4.07. The number of aromatic nitrogens is 2. The van der Waals surface area contributed by atoms with Crippen molar-refractivity contribution in [3.05, 3.63) is 34.9 Å². The highest BCUT2D eigenvalue weighted by atomic mass is 35.5. The van der Waals surface area contributed by atoms with E-state index in [-0.39, 0.29) is 28.9 Å². The third-order valence-electron chi connectivity index (χ3n) is 2.73. The summed E-state index contributed by atoms with van der Waals surface area (Å²) in [5, 5.41) is 3.87. The van der Waals surface area contributed by atoms with Crippen LogP contribution in [-0.2, 0) is 9.84 Å². The smallest absolute Gasteiger partial charge is 0.243 e. The number of hydrogen-bond donors (Lipinski definition) is 1. The van der Waals surface area contributed by atoms with Crippen molar-refractivity contribution in [1.29, 1.82) is 0 Å². The SMILES string of the molecule is CS(=O)(=O)CCC(N)c1nc(-c2ccc(F)cc2Cl)no1. The van der Waals surface area contributed by atoms with E-state index in [4.69, 9.17) is 21.9 Å². The van der Waals surface area contributed by atoms with Crippen LogP contribution in [0.5, 0.6) is 0 Å². The van der Waals surface area contributed by atoms with Gasteiger partial charge in [0.15, 0.2) is 0 Å². The normalized spacial score (nSPS) is 13.3. The molecule has 1 atom stereocenters. The molecule has 21 heavy (non-hydrogen) atoms. The minimum Gasteiger partial charge on any atom is -0.337 e. The highest BCUT2D eigenvalue weighted by molar-refractivity contribution is 7.90. The molecule has 0 aliphatic heterocycles. The Bertz CT molecular complexity index is 748. The van der Waals surface area contributed by atoms with Crippen molar-refractivity contribution in [2.24, 2.45) is 5.73 Å². The lowest BCUT2D eigenvalue weighted by molar-refractivity contribution is 0.352. The Morgan fingerprint density at radius 3 is 2.81 bits per heavy atom. The van der Waals surface area contributed by atoms with Gasteiger partial charge < -0.3 is 10.3 Å². The summed E-state index contributed by atoms with van der Waals surface area (Å²) < 4.78 is 40.2. The van der Waals surface area contributed by atoms with Crippen molar-refractivity contribution in [2.45, 2.75) is 12.5 Å². The monoisotopic (exact) mass is 333 g/mol. The number of halogens is 2. The average Bonchev–Trinajstić information content (AvgIpc) is 2.84.